The molecule has 0 bridgehead atoms. The summed E-state index contributed by atoms with van der Waals surface area (Å²) in [5.41, 5.74) is 1.97. The number of nitrogens with zero attached hydrogens (tertiary/aromatic N) is 5. The van der Waals surface area contributed by atoms with Gasteiger partial charge >= 0.3 is 5.69 Å². The summed E-state index contributed by atoms with van der Waals surface area (Å²) in [5.74, 6) is 0.582. The van der Waals surface area contributed by atoms with Crippen molar-refractivity contribution in [1.29, 1.82) is 0 Å². The molecule has 1 N–H and O–H groups in total. The molecule has 0 saturated carbocycles. The standard InChI is InChI=1S/C20H17FN6O2/c21-14-7-5-13(6-8-14)11-23-17(28)12-26-20(29)27-16-4-2-1-3-15(16)18-22-9-10-25(18)19(27)24-26/h1-8H,9-12H2,(H,23,28). The molecule has 9 heteroatoms. The number of carbonyl (C=O) groups is 1. The number of amides is 1. The Labute approximate surface area is 164 Å². The van der Waals surface area contributed by atoms with Crippen molar-refractivity contribution in [2.24, 2.45) is 4.99 Å². The second-order valence-electron chi connectivity index (χ2n) is 6.85. The van der Waals surface area contributed by atoms with Crippen molar-refractivity contribution in [2.45, 2.75) is 13.1 Å². The van der Waals surface area contributed by atoms with Gasteiger partial charge in [0.25, 0.3) is 0 Å². The maximum atomic E-state index is 13.0. The number of nitrogens with one attached hydrogen (secondary N) is 1. The van der Waals surface area contributed by atoms with Gasteiger partial charge in [0.15, 0.2) is 0 Å². The van der Waals surface area contributed by atoms with Gasteiger partial charge in [-0.2, -0.15) is 0 Å². The van der Waals surface area contributed by atoms with Crippen LogP contribution in [-0.4, -0.2) is 39.2 Å². The average molecular weight is 392 g/mol. The highest BCUT2D eigenvalue weighted by Gasteiger charge is 2.34. The van der Waals surface area contributed by atoms with E-state index in [1.54, 1.807) is 12.1 Å². The number of halogens is 1. The van der Waals surface area contributed by atoms with E-state index in [0.717, 1.165) is 21.6 Å². The van der Waals surface area contributed by atoms with Gasteiger partial charge < -0.3 is 5.32 Å². The lowest BCUT2D eigenvalue weighted by atomic mass is 10.1. The first-order valence-electron chi connectivity index (χ1n) is 9.24. The summed E-state index contributed by atoms with van der Waals surface area (Å²) in [5, 5.41) is 7.13. The molecule has 8 nitrogen and oxygen atoms in total. The molecule has 0 atom stereocenters. The Morgan fingerprint density at radius 3 is 2.76 bits per heavy atom. The maximum Gasteiger partial charge on any atom is 0.352 e. The number of fused-ring (bicyclic) bond motifs is 6. The van der Waals surface area contributed by atoms with Crippen LogP contribution >= 0.6 is 0 Å². The van der Waals surface area contributed by atoms with Crippen molar-refractivity contribution < 1.29 is 9.18 Å². The molecule has 29 heavy (non-hydrogen) atoms. The van der Waals surface area contributed by atoms with Crippen LogP contribution in [0.25, 0.3) is 5.69 Å². The van der Waals surface area contributed by atoms with E-state index in [9.17, 15) is 14.0 Å². The van der Waals surface area contributed by atoms with Crippen molar-refractivity contribution in [3.05, 3.63) is 76.0 Å². The highest BCUT2D eigenvalue weighted by atomic mass is 19.1. The van der Waals surface area contributed by atoms with Crippen LogP contribution in [0.2, 0.25) is 0 Å². The summed E-state index contributed by atoms with van der Waals surface area (Å²) in [7, 11) is 0. The van der Waals surface area contributed by atoms with Gasteiger partial charge in [0.2, 0.25) is 11.9 Å². The first-order valence-corrected chi connectivity index (χ1v) is 9.24. The van der Waals surface area contributed by atoms with Crippen LogP contribution in [0.1, 0.15) is 11.1 Å². The van der Waals surface area contributed by atoms with Gasteiger partial charge in [-0.05, 0) is 29.8 Å². The fourth-order valence-electron chi connectivity index (χ4n) is 3.61. The number of anilines is 1. The van der Waals surface area contributed by atoms with Crippen molar-refractivity contribution >= 4 is 17.7 Å². The predicted octanol–water partition coefficient (Wildman–Crippen LogP) is 1.07. The van der Waals surface area contributed by atoms with Crippen molar-refractivity contribution in [3.8, 4) is 5.69 Å². The van der Waals surface area contributed by atoms with Gasteiger partial charge in [-0.1, -0.05) is 24.3 Å². The van der Waals surface area contributed by atoms with Gasteiger partial charge in [0.05, 0.1) is 12.2 Å². The molecule has 5 rings (SSSR count). The number of hydrogen-bond donors (Lipinski definition) is 1. The maximum absolute atomic E-state index is 13.0. The number of para-hydroxylation sites is 1. The van der Waals surface area contributed by atoms with E-state index >= 15 is 0 Å². The number of carbonyl (C=O) groups excluding carboxylic acids is 1. The summed E-state index contributed by atoms with van der Waals surface area (Å²) in [6, 6.07) is 13.4. The molecule has 146 valence electrons. The Morgan fingerprint density at radius 2 is 1.93 bits per heavy atom. The highest BCUT2D eigenvalue weighted by molar-refractivity contribution is 6.14. The molecular weight excluding hydrogens is 375 g/mol. The van der Waals surface area contributed by atoms with Crippen LogP contribution in [0.4, 0.5) is 10.3 Å². The van der Waals surface area contributed by atoms with Crippen LogP contribution in [-0.2, 0) is 17.9 Å². The molecule has 0 spiro atoms. The number of rotatable bonds is 4. The Bertz CT molecular complexity index is 1190. The quantitative estimate of drug-likeness (QED) is 0.720. The number of aromatic nitrogens is 3. The van der Waals surface area contributed by atoms with E-state index in [-0.39, 0.29) is 30.5 Å². The molecule has 2 aliphatic rings. The summed E-state index contributed by atoms with van der Waals surface area (Å²) < 4.78 is 15.7. The van der Waals surface area contributed by atoms with Crippen molar-refractivity contribution in [3.63, 3.8) is 0 Å². The van der Waals surface area contributed by atoms with E-state index in [1.807, 2.05) is 29.2 Å². The minimum Gasteiger partial charge on any atom is -0.350 e. The molecule has 0 radical (unpaired) electrons. The summed E-state index contributed by atoms with van der Waals surface area (Å²) in [4.78, 5) is 31.8. The molecule has 2 aliphatic heterocycles. The predicted molar refractivity (Wildman–Crippen MR) is 105 cm³/mol. The van der Waals surface area contributed by atoms with E-state index in [1.165, 1.54) is 16.7 Å². The fourth-order valence-corrected chi connectivity index (χ4v) is 3.61. The smallest absolute Gasteiger partial charge is 0.350 e. The SMILES string of the molecule is O=C(Cn1nc2n(c1=O)-c1ccccc1C1=NCCN12)NCc1ccc(F)cc1. The Kier molecular flexibility index (Phi) is 4.01. The zero-order chi connectivity index (χ0) is 20.0. The van der Waals surface area contributed by atoms with Crippen LogP contribution in [0.3, 0.4) is 0 Å². The van der Waals surface area contributed by atoms with E-state index in [2.05, 4.69) is 15.4 Å². The number of benzene rings is 2. The van der Waals surface area contributed by atoms with Crippen LogP contribution in [0.5, 0.6) is 0 Å². The normalized spacial score (nSPS) is 14.1. The third kappa shape index (κ3) is 2.91. The lowest BCUT2D eigenvalue weighted by molar-refractivity contribution is -0.122. The average Bonchev–Trinajstić information content (AvgIpc) is 3.34. The lowest BCUT2D eigenvalue weighted by Gasteiger charge is -2.26. The number of hydrogen-bond acceptors (Lipinski definition) is 5. The van der Waals surface area contributed by atoms with Crippen molar-refractivity contribution in [2.75, 3.05) is 18.0 Å². The first-order chi connectivity index (χ1) is 14.1. The Hall–Kier alpha value is -3.75. The molecule has 1 aromatic heterocycles. The zero-order valence-corrected chi connectivity index (χ0v) is 15.4. The molecule has 0 unspecified atom stereocenters. The second-order valence-corrected chi connectivity index (χ2v) is 6.85. The minimum absolute atomic E-state index is 0.206. The third-order valence-electron chi connectivity index (χ3n) is 4.99. The van der Waals surface area contributed by atoms with Crippen LogP contribution in [0.15, 0.2) is 58.3 Å². The van der Waals surface area contributed by atoms with Crippen LogP contribution < -0.4 is 15.9 Å². The summed E-state index contributed by atoms with van der Waals surface area (Å²) in [6.45, 7) is 1.30. The van der Waals surface area contributed by atoms with E-state index in [4.69, 9.17) is 0 Å². The zero-order valence-electron chi connectivity index (χ0n) is 15.4. The second kappa shape index (κ2) is 6.69. The lowest BCUT2D eigenvalue weighted by Crippen LogP contribution is -2.37. The molecule has 2 aromatic carbocycles. The topological polar surface area (TPSA) is 84.5 Å². The number of amidine groups is 1. The van der Waals surface area contributed by atoms with E-state index in [0.29, 0.717) is 24.7 Å². The molecular formula is C20H17FN6O2. The monoisotopic (exact) mass is 392 g/mol. The van der Waals surface area contributed by atoms with Gasteiger partial charge in [0, 0.05) is 18.7 Å². The number of aliphatic imine (C=N–C) groups is 1. The molecule has 1 amide bonds. The Balaban J connectivity index is 1.41. The molecule has 3 aromatic rings. The third-order valence-corrected chi connectivity index (χ3v) is 4.99. The van der Waals surface area contributed by atoms with E-state index < -0.39 is 0 Å². The van der Waals surface area contributed by atoms with Gasteiger partial charge in [-0.25, -0.2) is 18.4 Å². The Morgan fingerprint density at radius 1 is 1.14 bits per heavy atom. The van der Waals surface area contributed by atoms with Crippen LogP contribution in [0, 0.1) is 5.82 Å². The van der Waals surface area contributed by atoms with Gasteiger partial charge in [0.1, 0.15) is 18.2 Å². The first kappa shape index (κ1) is 17.4. The summed E-state index contributed by atoms with van der Waals surface area (Å²) in [6.07, 6.45) is 0. The van der Waals surface area contributed by atoms with Crippen molar-refractivity contribution in [1.82, 2.24) is 19.7 Å². The molecule has 0 saturated heterocycles. The molecule has 0 aliphatic carbocycles. The highest BCUT2D eigenvalue weighted by Crippen LogP contribution is 2.29. The van der Waals surface area contributed by atoms with Gasteiger partial charge in [-0.3, -0.25) is 14.7 Å². The summed E-state index contributed by atoms with van der Waals surface area (Å²) >= 11 is 0. The van der Waals surface area contributed by atoms with Gasteiger partial charge in [-0.15, -0.1) is 5.10 Å². The molecule has 0 fully saturated rings. The largest absolute Gasteiger partial charge is 0.352 e. The minimum atomic E-state index is -0.379. The molecule has 3 heterocycles. The fraction of sp³-hybridized carbons (Fsp3) is 0.200.